The van der Waals surface area contributed by atoms with E-state index in [1.54, 1.807) is 0 Å². The third-order valence-corrected chi connectivity index (χ3v) is 11.3. The number of hydrogen-bond donors (Lipinski definition) is 1. The molecule has 1 aliphatic heterocycles. The van der Waals surface area contributed by atoms with Crippen LogP contribution in [-0.2, 0) is 9.84 Å². The quantitative estimate of drug-likeness (QED) is 0.490. The summed E-state index contributed by atoms with van der Waals surface area (Å²) in [6.45, 7) is 9.62. The van der Waals surface area contributed by atoms with Crippen molar-refractivity contribution in [3.8, 4) is 0 Å². The summed E-state index contributed by atoms with van der Waals surface area (Å²) in [6, 6.07) is 0. The van der Waals surface area contributed by atoms with E-state index in [-0.39, 0.29) is 11.9 Å². The van der Waals surface area contributed by atoms with Gasteiger partial charge in [-0.3, -0.25) is 0 Å². The summed E-state index contributed by atoms with van der Waals surface area (Å²) in [5.74, 6) is 3.08. The van der Waals surface area contributed by atoms with Crippen molar-refractivity contribution in [2.45, 2.75) is 110 Å². The van der Waals surface area contributed by atoms with Crippen LogP contribution in [0, 0.1) is 29.1 Å². The maximum atomic E-state index is 13.1. The molecule has 2 saturated carbocycles. The third kappa shape index (κ3) is 4.58. The number of fused-ring (bicyclic) bond motifs is 1. The third-order valence-electron chi connectivity index (χ3n) is 9.33. The second-order valence-corrected chi connectivity index (χ2v) is 14.0. The molecule has 0 aromatic rings. The predicted octanol–water partition coefficient (Wildman–Crippen LogP) is 6.23. The van der Waals surface area contributed by atoms with Crippen molar-refractivity contribution in [3.05, 3.63) is 22.8 Å². The van der Waals surface area contributed by atoms with Gasteiger partial charge in [-0.15, -0.1) is 0 Å². The number of hydrogen-bond acceptors (Lipinski definition) is 3. The molecule has 0 saturated heterocycles. The summed E-state index contributed by atoms with van der Waals surface area (Å²) >= 11 is 0. The highest BCUT2D eigenvalue weighted by molar-refractivity contribution is 7.92. The van der Waals surface area contributed by atoms with Gasteiger partial charge in [0.05, 0.1) is 11.9 Å². The Morgan fingerprint density at radius 2 is 1.90 bits per heavy atom. The molecule has 4 rings (SSSR count). The van der Waals surface area contributed by atoms with E-state index in [1.165, 1.54) is 50.5 Å². The Morgan fingerprint density at radius 3 is 2.65 bits per heavy atom. The zero-order chi connectivity index (χ0) is 22.4. The lowest BCUT2D eigenvalue weighted by Gasteiger charge is -2.44. The first-order valence-electron chi connectivity index (χ1n) is 12.9. The molecule has 0 radical (unpaired) electrons. The number of aliphatic hydroxyl groups is 1. The highest BCUT2D eigenvalue weighted by Gasteiger charge is 2.51. The lowest BCUT2D eigenvalue weighted by Crippen LogP contribution is -2.36. The molecule has 1 N–H and O–H groups in total. The van der Waals surface area contributed by atoms with Crippen LogP contribution in [0.25, 0.3) is 0 Å². The minimum absolute atomic E-state index is 0.223. The second-order valence-electron chi connectivity index (χ2n) is 11.9. The summed E-state index contributed by atoms with van der Waals surface area (Å²) in [6.07, 6.45) is 13.9. The van der Waals surface area contributed by atoms with E-state index in [4.69, 9.17) is 0 Å². The zero-order valence-corrected chi connectivity index (χ0v) is 21.0. The van der Waals surface area contributed by atoms with Crippen molar-refractivity contribution in [1.82, 2.24) is 0 Å². The first-order valence-corrected chi connectivity index (χ1v) is 14.6. The molecule has 176 valence electrons. The number of aliphatic hydroxyl groups excluding tert-OH is 1. The van der Waals surface area contributed by atoms with Crippen molar-refractivity contribution >= 4 is 9.84 Å². The highest BCUT2D eigenvalue weighted by Crippen LogP contribution is 2.60. The molecule has 3 nitrogen and oxygen atoms in total. The molecule has 0 bridgehead atoms. The Bertz CT molecular complexity index is 837. The first-order chi connectivity index (χ1) is 14.6. The molecule has 0 aromatic carbocycles. The summed E-state index contributed by atoms with van der Waals surface area (Å²) in [4.78, 5) is 0. The molecule has 0 spiro atoms. The van der Waals surface area contributed by atoms with E-state index < -0.39 is 15.1 Å². The largest absolute Gasteiger partial charge is 0.393 e. The lowest BCUT2D eigenvalue weighted by atomic mass is 9.60. The predicted molar refractivity (Wildman–Crippen MR) is 129 cm³/mol. The standard InChI is InChI=1S/C27H44O3S/c1-18(2)7-5-8-19(3)24-12-13-25-20(9-6-14-27(24,25)4)15-26-23-16-22(28)11-10-21(23)17-31(26,29)30/h15,18-19,22,24-26,28H,5-14,16-17H2,1-4H3. The van der Waals surface area contributed by atoms with E-state index in [9.17, 15) is 13.5 Å². The molecule has 0 amide bonds. The van der Waals surface area contributed by atoms with E-state index in [2.05, 4.69) is 33.8 Å². The van der Waals surface area contributed by atoms with Crippen LogP contribution in [0.5, 0.6) is 0 Å². The number of rotatable bonds is 6. The molecule has 6 unspecified atom stereocenters. The maximum absolute atomic E-state index is 13.1. The fraction of sp³-hybridized carbons (Fsp3) is 0.852. The Morgan fingerprint density at radius 1 is 1.13 bits per heavy atom. The topological polar surface area (TPSA) is 54.4 Å². The first kappa shape index (κ1) is 23.5. The Hall–Kier alpha value is -0.610. The van der Waals surface area contributed by atoms with Gasteiger partial charge >= 0.3 is 0 Å². The SMILES string of the molecule is CC(C)CCCC(C)C1CCC2C(=CC3C4=C(CCC(O)C4)CS3(=O)=O)CCCC21C. The van der Waals surface area contributed by atoms with E-state index in [0.717, 1.165) is 41.7 Å². The fourth-order valence-electron chi connectivity index (χ4n) is 7.70. The molecule has 0 aromatic heterocycles. The molecule has 4 heteroatoms. The van der Waals surface area contributed by atoms with E-state index in [0.29, 0.717) is 24.2 Å². The minimum Gasteiger partial charge on any atom is -0.393 e. The maximum Gasteiger partial charge on any atom is 0.164 e. The average Bonchev–Trinajstić information content (AvgIpc) is 3.16. The Balaban J connectivity index is 1.54. The van der Waals surface area contributed by atoms with Crippen LogP contribution in [0.1, 0.15) is 98.3 Å². The van der Waals surface area contributed by atoms with Gasteiger partial charge in [-0.25, -0.2) is 8.42 Å². The molecule has 1 heterocycles. The highest BCUT2D eigenvalue weighted by atomic mass is 32.2. The summed E-state index contributed by atoms with van der Waals surface area (Å²) in [5.41, 5.74) is 3.89. The molecular weight excluding hydrogens is 404 g/mol. The number of sulfone groups is 1. The molecule has 2 fully saturated rings. The molecule has 3 aliphatic carbocycles. The molecule has 31 heavy (non-hydrogen) atoms. The van der Waals surface area contributed by atoms with Crippen molar-refractivity contribution in [2.75, 3.05) is 5.75 Å². The van der Waals surface area contributed by atoms with Gasteiger partial charge in [0.15, 0.2) is 9.84 Å². The second kappa shape index (κ2) is 8.97. The summed E-state index contributed by atoms with van der Waals surface area (Å²) in [5, 5.41) is 9.73. The van der Waals surface area contributed by atoms with Crippen LogP contribution in [0.3, 0.4) is 0 Å². The van der Waals surface area contributed by atoms with Crippen molar-refractivity contribution in [2.24, 2.45) is 29.1 Å². The van der Waals surface area contributed by atoms with Gasteiger partial charge in [-0.2, -0.15) is 0 Å². The van der Waals surface area contributed by atoms with Crippen molar-refractivity contribution in [3.63, 3.8) is 0 Å². The fourth-order valence-corrected chi connectivity index (χ4v) is 9.77. The van der Waals surface area contributed by atoms with Crippen LogP contribution in [-0.4, -0.2) is 30.6 Å². The average molecular weight is 449 g/mol. The van der Waals surface area contributed by atoms with Gasteiger partial charge in [-0.05, 0) is 86.0 Å². The van der Waals surface area contributed by atoms with Crippen LogP contribution >= 0.6 is 0 Å². The Kier molecular flexibility index (Phi) is 6.81. The van der Waals surface area contributed by atoms with Crippen molar-refractivity contribution in [1.29, 1.82) is 0 Å². The van der Waals surface area contributed by atoms with Crippen LogP contribution < -0.4 is 0 Å². The summed E-state index contributed by atoms with van der Waals surface area (Å²) < 4.78 is 26.1. The lowest BCUT2D eigenvalue weighted by molar-refractivity contribution is 0.0926. The minimum atomic E-state index is -3.15. The number of allylic oxidation sites excluding steroid dienone is 1. The Labute approximate surface area is 190 Å². The monoisotopic (exact) mass is 448 g/mol. The van der Waals surface area contributed by atoms with Gasteiger partial charge in [0.2, 0.25) is 0 Å². The van der Waals surface area contributed by atoms with Crippen molar-refractivity contribution < 1.29 is 13.5 Å². The van der Waals surface area contributed by atoms with Crippen LogP contribution in [0.4, 0.5) is 0 Å². The van der Waals surface area contributed by atoms with Crippen LogP contribution in [0.15, 0.2) is 22.8 Å². The molecule has 4 aliphatic rings. The summed E-state index contributed by atoms with van der Waals surface area (Å²) in [7, 11) is -3.15. The van der Waals surface area contributed by atoms with Gasteiger partial charge in [0.1, 0.15) is 5.25 Å². The smallest absolute Gasteiger partial charge is 0.164 e. The van der Waals surface area contributed by atoms with Gasteiger partial charge < -0.3 is 5.11 Å². The van der Waals surface area contributed by atoms with Gasteiger partial charge in [-0.1, -0.05) is 64.2 Å². The van der Waals surface area contributed by atoms with Gasteiger partial charge in [0, 0.05) is 0 Å². The van der Waals surface area contributed by atoms with E-state index >= 15 is 0 Å². The molecule has 6 atom stereocenters. The normalized spacial score (nSPS) is 39.7. The molecular formula is C27H44O3S. The van der Waals surface area contributed by atoms with Crippen LogP contribution in [0.2, 0.25) is 0 Å². The zero-order valence-electron chi connectivity index (χ0n) is 20.2. The van der Waals surface area contributed by atoms with Gasteiger partial charge in [0.25, 0.3) is 0 Å². The van der Waals surface area contributed by atoms with E-state index in [1.807, 2.05) is 0 Å².